The van der Waals surface area contributed by atoms with Crippen molar-refractivity contribution >= 4 is 44.1 Å². The number of sulfone groups is 1. The van der Waals surface area contributed by atoms with E-state index in [4.69, 9.17) is 0 Å². The van der Waals surface area contributed by atoms with E-state index in [-0.39, 0.29) is 34.5 Å². The number of rotatable bonds is 5. The van der Waals surface area contributed by atoms with Gasteiger partial charge in [0.1, 0.15) is 0 Å². The van der Waals surface area contributed by atoms with Gasteiger partial charge in [0.25, 0.3) is 0 Å². The molecule has 8 heteroatoms. The number of hydrogen-bond donors (Lipinski definition) is 0. The number of amidine groups is 1. The molecule has 6 nitrogen and oxygen atoms in total. The Morgan fingerprint density at radius 2 is 1.77 bits per heavy atom. The van der Waals surface area contributed by atoms with Crippen molar-refractivity contribution in [2.75, 3.05) is 16.4 Å². The molecule has 2 aromatic rings. The van der Waals surface area contributed by atoms with Crippen LogP contribution in [0.2, 0.25) is 0 Å². The van der Waals surface area contributed by atoms with Gasteiger partial charge in [-0.1, -0.05) is 42.1 Å². The first-order valence-electron chi connectivity index (χ1n) is 9.75. The maximum absolute atomic E-state index is 12.5. The van der Waals surface area contributed by atoms with Gasteiger partial charge in [-0.25, -0.2) is 8.42 Å². The Balaban J connectivity index is 1.58. The summed E-state index contributed by atoms with van der Waals surface area (Å²) in [6, 6.07) is 16.5. The molecule has 2 aromatic carbocycles. The normalized spacial score (nSPS) is 23.5. The number of ketones is 1. The molecule has 1 amide bonds. The van der Waals surface area contributed by atoms with Crippen molar-refractivity contribution in [1.82, 2.24) is 0 Å². The van der Waals surface area contributed by atoms with Crippen LogP contribution in [0.1, 0.15) is 29.3 Å². The summed E-state index contributed by atoms with van der Waals surface area (Å²) in [7, 11) is -3.12. The lowest BCUT2D eigenvalue weighted by atomic mass is 10.1. The summed E-state index contributed by atoms with van der Waals surface area (Å²) in [5.41, 5.74) is 2.40. The van der Waals surface area contributed by atoms with E-state index in [9.17, 15) is 18.0 Å². The summed E-state index contributed by atoms with van der Waals surface area (Å²) in [5.74, 6) is -0.143. The SMILES string of the molecule is CC(=O)c1ccc(N2C(=NC(=O)CCc3ccccc3)SC3CS(=O)(=O)CC32)cc1. The van der Waals surface area contributed by atoms with Crippen molar-refractivity contribution in [3.8, 4) is 0 Å². The summed E-state index contributed by atoms with van der Waals surface area (Å²) < 4.78 is 24.3. The highest BCUT2D eigenvalue weighted by atomic mass is 32.2. The topological polar surface area (TPSA) is 83.9 Å². The van der Waals surface area contributed by atoms with Crippen LogP contribution < -0.4 is 4.90 Å². The maximum atomic E-state index is 12.5. The minimum atomic E-state index is -3.12. The number of aliphatic imine (C=N–C) groups is 1. The highest BCUT2D eigenvalue weighted by Crippen LogP contribution is 2.41. The van der Waals surface area contributed by atoms with Crippen molar-refractivity contribution in [3.63, 3.8) is 0 Å². The molecule has 2 unspecified atom stereocenters. The molecule has 0 radical (unpaired) electrons. The van der Waals surface area contributed by atoms with E-state index in [1.807, 2.05) is 35.2 Å². The van der Waals surface area contributed by atoms with Crippen LogP contribution >= 0.6 is 11.8 Å². The number of aryl methyl sites for hydroxylation is 1. The molecule has 2 saturated heterocycles. The Hall–Kier alpha value is -2.45. The van der Waals surface area contributed by atoms with Crippen molar-refractivity contribution in [1.29, 1.82) is 0 Å². The number of amides is 1. The summed E-state index contributed by atoms with van der Waals surface area (Å²) >= 11 is 1.36. The zero-order valence-corrected chi connectivity index (χ0v) is 18.2. The molecule has 0 spiro atoms. The molecule has 156 valence electrons. The second kappa shape index (κ2) is 8.35. The predicted octanol–water partition coefficient (Wildman–Crippen LogP) is 3.12. The summed E-state index contributed by atoms with van der Waals surface area (Å²) in [6.45, 7) is 1.50. The molecule has 2 heterocycles. The average molecular weight is 443 g/mol. The first kappa shape index (κ1) is 20.8. The van der Waals surface area contributed by atoms with Crippen LogP contribution in [-0.4, -0.2) is 48.1 Å². The third kappa shape index (κ3) is 4.49. The van der Waals surface area contributed by atoms with Gasteiger partial charge in [0.15, 0.2) is 20.8 Å². The van der Waals surface area contributed by atoms with Crippen molar-refractivity contribution in [3.05, 3.63) is 65.7 Å². The molecule has 2 atom stereocenters. The Bertz CT molecular complexity index is 1100. The van der Waals surface area contributed by atoms with Gasteiger partial charge in [0, 0.05) is 22.9 Å². The van der Waals surface area contributed by atoms with E-state index < -0.39 is 9.84 Å². The standard InChI is InChI=1S/C22H22N2O4S2/c1-15(25)17-8-10-18(11-9-17)24-19-13-30(27,28)14-20(19)29-22(24)23-21(26)12-7-16-5-3-2-4-6-16/h2-6,8-11,19-20H,7,12-14H2,1H3. The minimum Gasteiger partial charge on any atom is -0.316 e. The number of Topliss-reactive ketones (excluding diaryl/α,β-unsaturated/α-hetero) is 1. The van der Waals surface area contributed by atoms with Crippen LogP contribution in [-0.2, 0) is 21.1 Å². The third-order valence-corrected chi connectivity index (χ3v) is 8.52. The largest absolute Gasteiger partial charge is 0.316 e. The van der Waals surface area contributed by atoms with E-state index in [0.29, 0.717) is 23.6 Å². The Morgan fingerprint density at radius 1 is 1.07 bits per heavy atom. The van der Waals surface area contributed by atoms with Gasteiger partial charge in [0.2, 0.25) is 5.91 Å². The first-order chi connectivity index (χ1) is 14.3. The van der Waals surface area contributed by atoms with E-state index in [1.165, 1.54) is 18.7 Å². The Kier molecular flexibility index (Phi) is 5.79. The van der Waals surface area contributed by atoms with Crippen LogP contribution in [0.3, 0.4) is 0 Å². The van der Waals surface area contributed by atoms with Gasteiger partial charge < -0.3 is 4.90 Å². The number of carbonyl (C=O) groups excluding carboxylic acids is 2. The molecule has 2 fully saturated rings. The molecule has 0 saturated carbocycles. The lowest BCUT2D eigenvalue weighted by molar-refractivity contribution is -0.117. The third-order valence-electron chi connectivity index (χ3n) is 5.31. The number of carbonyl (C=O) groups is 2. The van der Waals surface area contributed by atoms with Gasteiger partial charge in [0.05, 0.1) is 17.5 Å². The molecule has 4 rings (SSSR count). The van der Waals surface area contributed by atoms with Crippen LogP contribution in [0.15, 0.2) is 59.6 Å². The molecule has 0 aromatic heterocycles. The van der Waals surface area contributed by atoms with Gasteiger partial charge >= 0.3 is 0 Å². The fourth-order valence-corrected chi connectivity index (χ4v) is 7.71. The first-order valence-corrected chi connectivity index (χ1v) is 12.5. The highest BCUT2D eigenvalue weighted by molar-refractivity contribution is 8.16. The van der Waals surface area contributed by atoms with Crippen molar-refractivity contribution in [2.24, 2.45) is 4.99 Å². The van der Waals surface area contributed by atoms with Crippen LogP contribution in [0, 0.1) is 0 Å². The van der Waals surface area contributed by atoms with Crippen molar-refractivity contribution < 1.29 is 18.0 Å². The molecule has 0 bridgehead atoms. The van der Waals surface area contributed by atoms with Crippen molar-refractivity contribution in [2.45, 2.75) is 31.1 Å². The zero-order valence-electron chi connectivity index (χ0n) is 16.5. The minimum absolute atomic E-state index is 0.0380. The second-order valence-electron chi connectivity index (χ2n) is 7.55. The van der Waals surface area contributed by atoms with E-state index in [0.717, 1.165) is 11.3 Å². The number of benzene rings is 2. The average Bonchev–Trinajstić information content (AvgIpc) is 3.18. The van der Waals surface area contributed by atoms with Gasteiger partial charge in [-0.15, -0.1) is 0 Å². The number of thioether (sulfide) groups is 1. The second-order valence-corrected chi connectivity index (χ2v) is 10.9. The van der Waals surface area contributed by atoms with E-state index >= 15 is 0 Å². The monoisotopic (exact) mass is 442 g/mol. The lowest BCUT2D eigenvalue weighted by Crippen LogP contribution is -2.37. The number of nitrogens with zero attached hydrogens (tertiary/aromatic N) is 2. The molecule has 2 aliphatic rings. The molecule has 2 aliphatic heterocycles. The smallest absolute Gasteiger partial charge is 0.248 e. The Labute approximate surface area is 180 Å². The summed E-state index contributed by atoms with van der Waals surface area (Å²) in [5, 5.41) is 0.386. The summed E-state index contributed by atoms with van der Waals surface area (Å²) in [6.07, 6.45) is 0.897. The van der Waals surface area contributed by atoms with E-state index in [1.54, 1.807) is 24.3 Å². The van der Waals surface area contributed by atoms with Crippen LogP contribution in [0.5, 0.6) is 0 Å². The molecular formula is C22H22N2O4S2. The van der Waals surface area contributed by atoms with Gasteiger partial charge in [-0.05, 0) is 43.2 Å². The quantitative estimate of drug-likeness (QED) is 0.662. The number of fused-ring (bicyclic) bond motifs is 1. The van der Waals surface area contributed by atoms with Gasteiger partial charge in [-0.2, -0.15) is 4.99 Å². The molecular weight excluding hydrogens is 420 g/mol. The Morgan fingerprint density at radius 3 is 2.43 bits per heavy atom. The zero-order chi connectivity index (χ0) is 21.3. The van der Waals surface area contributed by atoms with Gasteiger partial charge in [-0.3, -0.25) is 9.59 Å². The van der Waals surface area contributed by atoms with E-state index in [2.05, 4.69) is 4.99 Å². The number of anilines is 1. The lowest BCUT2D eigenvalue weighted by Gasteiger charge is -2.24. The maximum Gasteiger partial charge on any atom is 0.248 e. The summed E-state index contributed by atoms with van der Waals surface area (Å²) in [4.78, 5) is 30.3. The van der Waals surface area contributed by atoms with Crippen LogP contribution in [0.25, 0.3) is 0 Å². The fraction of sp³-hybridized carbons (Fsp3) is 0.318. The number of hydrogen-bond acceptors (Lipinski definition) is 5. The predicted molar refractivity (Wildman–Crippen MR) is 120 cm³/mol. The van der Waals surface area contributed by atoms with Crippen LogP contribution in [0.4, 0.5) is 5.69 Å². The highest BCUT2D eigenvalue weighted by Gasteiger charge is 2.49. The molecule has 0 aliphatic carbocycles. The molecule has 30 heavy (non-hydrogen) atoms. The fourth-order valence-electron chi connectivity index (χ4n) is 3.78. The molecule has 0 N–H and O–H groups in total.